The molecule has 0 fully saturated rings. The average Bonchev–Trinajstić information content (AvgIpc) is 2.77. The summed E-state index contributed by atoms with van der Waals surface area (Å²) in [5.74, 6) is -0.693. The highest BCUT2D eigenvalue weighted by Crippen LogP contribution is 2.28. The second kappa shape index (κ2) is 6.23. The van der Waals surface area contributed by atoms with Crippen LogP contribution in [0, 0.1) is 0 Å². The Balaban J connectivity index is 2.00. The predicted octanol–water partition coefficient (Wildman–Crippen LogP) is 2.32. The maximum atomic E-state index is 10.4. The summed E-state index contributed by atoms with van der Waals surface area (Å²) in [6.07, 6.45) is -0.200. The van der Waals surface area contributed by atoms with Crippen molar-refractivity contribution in [2.75, 3.05) is 0 Å². The van der Waals surface area contributed by atoms with Crippen LogP contribution in [0.2, 0.25) is 10.0 Å². The van der Waals surface area contributed by atoms with Gasteiger partial charge in [-0.05, 0) is 12.1 Å². The fraction of sp³-hybridized carbons (Fsp3) is 0.167. The Bertz CT molecular complexity index is 600. The van der Waals surface area contributed by atoms with Crippen LogP contribution < -0.4 is 9.84 Å². The van der Waals surface area contributed by atoms with E-state index in [9.17, 15) is 9.90 Å². The van der Waals surface area contributed by atoms with Crippen molar-refractivity contribution in [3.05, 3.63) is 44.3 Å². The van der Waals surface area contributed by atoms with Gasteiger partial charge in [-0.15, -0.1) is 11.3 Å². The number of carboxylic acids is 1. The molecule has 1 aromatic heterocycles. The first-order valence-electron chi connectivity index (χ1n) is 5.25. The second-order valence-electron chi connectivity index (χ2n) is 3.64. The van der Waals surface area contributed by atoms with Crippen molar-refractivity contribution in [3.63, 3.8) is 0 Å². The number of aromatic nitrogens is 1. The summed E-state index contributed by atoms with van der Waals surface area (Å²) in [4.78, 5) is 14.5. The van der Waals surface area contributed by atoms with E-state index in [1.54, 1.807) is 23.6 Å². The predicted molar refractivity (Wildman–Crippen MR) is 71.6 cm³/mol. The van der Waals surface area contributed by atoms with Gasteiger partial charge in [0.1, 0.15) is 17.4 Å². The lowest BCUT2D eigenvalue weighted by Crippen LogP contribution is -2.24. The molecular weight excluding hydrogens is 309 g/mol. The standard InChI is InChI=1S/C12H9Cl2NO3S/c13-7-1-2-9(14)10(3-7)18-5-11-15-8(6-19-11)4-12(16)17/h1-3,6H,4-5H2,(H,16,17)/p-1. The lowest BCUT2D eigenvalue weighted by Gasteiger charge is -2.06. The second-order valence-corrected chi connectivity index (χ2v) is 5.43. The van der Waals surface area contributed by atoms with Crippen molar-refractivity contribution >= 4 is 40.5 Å². The summed E-state index contributed by atoms with van der Waals surface area (Å²) in [5.41, 5.74) is 0.459. The third-order valence-electron chi connectivity index (χ3n) is 2.17. The number of carbonyl (C=O) groups excluding carboxylic acids is 1. The quantitative estimate of drug-likeness (QED) is 0.849. The van der Waals surface area contributed by atoms with Crippen LogP contribution in [0.1, 0.15) is 10.7 Å². The number of benzene rings is 1. The fourth-order valence-corrected chi connectivity index (χ4v) is 2.41. The molecule has 0 atom stereocenters. The van der Waals surface area contributed by atoms with E-state index in [0.717, 1.165) is 0 Å². The third-order valence-corrected chi connectivity index (χ3v) is 3.59. The maximum Gasteiger partial charge on any atom is 0.140 e. The van der Waals surface area contributed by atoms with Crippen LogP contribution in [-0.2, 0) is 17.8 Å². The Morgan fingerprint density at radius 1 is 1.42 bits per heavy atom. The normalized spacial score (nSPS) is 10.4. The molecule has 1 aromatic carbocycles. The highest BCUT2D eigenvalue weighted by molar-refractivity contribution is 7.09. The van der Waals surface area contributed by atoms with E-state index in [0.29, 0.717) is 26.5 Å². The fourth-order valence-electron chi connectivity index (χ4n) is 1.37. The van der Waals surface area contributed by atoms with Crippen molar-refractivity contribution < 1.29 is 14.6 Å². The molecular formula is C12H8Cl2NO3S-. The monoisotopic (exact) mass is 316 g/mol. The Hall–Kier alpha value is -1.30. The highest BCUT2D eigenvalue weighted by atomic mass is 35.5. The third kappa shape index (κ3) is 4.09. The smallest absolute Gasteiger partial charge is 0.140 e. The first kappa shape index (κ1) is 14.1. The minimum absolute atomic E-state index is 0.200. The van der Waals surface area contributed by atoms with Crippen LogP contribution in [0.15, 0.2) is 23.6 Å². The van der Waals surface area contributed by atoms with Gasteiger partial charge < -0.3 is 14.6 Å². The largest absolute Gasteiger partial charge is 0.550 e. The number of rotatable bonds is 5. The van der Waals surface area contributed by atoms with E-state index >= 15 is 0 Å². The number of thiazole rings is 1. The lowest BCUT2D eigenvalue weighted by molar-refractivity contribution is -0.304. The van der Waals surface area contributed by atoms with Crippen molar-refractivity contribution in [3.8, 4) is 5.75 Å². The van der Waals surface area contributed by atoms with Gasteiger partial charge in [-0.25, -0.2) is 4.98 Å². The Labute approximate surface area is 123 Å². The molecule has 0 spiro atoms. The van der Waals surface area contributed by atoms with Gasteiger partial charge in [0.15, 0.2) is 0 Å². The van der Waals surface area contributed by atoms with Crippen LogP contribution in [0.3, 0.4) is 0 Å². The summed E-state index contributed by atoms with van der Waals surface area (Å²) < 4.78 is 5.49. The van der Waals surface area contributed by atoms with E-state index in [-0.39, 0.29) is 13.0 Å². The van der Waals surface area contributed by atoms with Gasteiger partial charge >= 0.3 is 0 Å². The first-order valence-corrected chi connectivity index (χ1v) is 6.89. The van der Waals surface area contributed by atoms with Crippen LogP contribution in [-0.4, -0.2) is 11.0 Å². The van der Waals surface area contributed by atoms with Crippen LogP contribution in [0.5, 0.6) is 5.75 Å². The van der Waals surface area contributed by atoms with E-state index in [4.69, 9.17) is 27.9 Å². The molecule has 0 aliphatic carbocycles. The molecule has 0 N–H and O–H groups in total. The zero-order valence-corrected chi connectivity index (χ0v) is 11.9. The molecule has 4 nitrogen and oxygen atoms in total. The summed E-state index contributed by atoms with van der Waals surface area (Å²) >= 11 is 13.1. The molecule has 0 unspecified atom stereocenters. The zero-order chi connectivity index (χ0) is 13.8. The number of nitrogens with zero attached hydrogens (tertiary/aromatic N) is 1. The number of ether oxygens (including phenoxy) is 1. The van der Waals surface area contributed by atoms with Gasteiger partial charge in [0, 0.05) is 28.9 Å². The van der Waals surface area contributed by atoms with Crippen LogP contribution in [0.25, 0.3) is 0 Å². The van der Waals surface area contributed by atoms with Crippen molar-refractivity contribution in [2.45, 2.75) is 13.0 Å². The zero-order valence-electron chi connectivity index (χ0n) is 9.56. The molecule has 0 radical (unpaired) electrons. The van der Waals surface area contributed by atoms with Gasteiger partial charge in [-0.2, -0.15) is 0 Å². The summed E-state index contributed by atoms with van der Waals surface area (Å²) in [7, 11) is 0. The van der Waals surface area contributed by atoms with E-state index in [1.165, 1.54) is 11.3 Å². The SMILES string of the molecule is O=C([O-])Cc1csc(COc2cc(Cl)ccc2Cl)n1. The first-order chi connectivity index (χ1) is 9.04. The van der Waals surface area contributed by atoms with E-state index < -0.39 is 5.97 Å². The molecule has 0 amide bonds. The summed E-state index contributed by atoms with van der Waals surface area (Å²) in [6, 6.07) is 4.92. The number of halogens is 2. The molecule has 1 heterocycles. The minimum atomic E-state index is -1.16. The average molecular weight is 317 g/mol. The van der Waals surface area contributed by atoms with Crippen molar-refractivity contribution in [1.29, 1.82) is 0 Å². The number of hydrogen-bond donors (Lipinski definition) is 0. The Morgan fingerprint density at radius 3 is 2.95 bits per heavy atom. The molecule has 19 heavy (non-hydrogen) atoms. The molecule has 0 saturated heterocycles. The molecule has 100 valence electrons. The Morgan fingerprint density at radius 2 is 2.21 bits per heavy atom. The molecule has 0 bridgehead atoms. The molecule has 0 aliphatic rings. The van der Waals surface area contributed by atoms with Crippen LogP contribution >= 0.6 is 34.5 Å². The van der Waals surface area contributed by atoms with Crippen LogP contribution in [0.4, 0.5) is 0 Å². The summed E-state index contributed by atoms with van der Waals surface area (Å²) in [5, 5.41) is 13.7. The van der Waals surface area contributed by atoms with Gasteiger partial charge in [-0.3, -0.25) is 0 Å². The topological polar surface area (TPSA) is 62.2 Å². The Kier molecular flexibility index (Phi) is 4.63. The number of hydrogen-bond acceptors (Lipinski definition) is 5. The number of carbonyl (C=O) groups is 1. The highest BCUT2D eigenvalue weighted by Gasteiger charge is 2.06. The van der Waals surface area contributed by atoms with E-state index in [2.05, 4.69) is 4.98 Å². The lowest BCUT2D eigenvalue weighted by atomic mass is 10.3. The maximum absolute atomic E-state index is 10.4. The molecule has 0 saturated carbocycles. The van der Waals surface area contributed by atoms with Gasteiger partial charge in [0.25, 0.3) is 0 Å². The number of aliphatic carboxylic acids is 1. The number of carboxylic acid groups (broad SMARTS) is 1. The van der Waals surface area contributed by atoms with Crippen molar-refractivity contribution in [2.24, 2.45) is 0 Å². The molecule has 0 aliphatic heterocycles. The van der Waals surface area contributed by atoms with Gasteiger partial charge in [-0.1, -0.05) is 23.2 Å². The molecule has 2 rings (SSSR count). The van der Waals surface area contributed by atoms with E-state index in [1.807, 2.05) is 0 Å². The molecule has 2 aromatic rings. The van der Waals surface area contributed by atoms with Gasteiger partial charge in [0.2, 0.25) is 0 Å². The summed E-state index contributed by atoms with van der Waals surface area (Å²) in [6.45, 7) is 0.206. The minimum Gasteiger partial charge on any atom is -0.550 e. The van der Waals surface area contributed by atoms with Crippen molar-refractivity contribution in [1.82, 2.24) is 4.98 Å². The van der Waals surface area contributed by atoms with Gasteiger partial charge in [0.05, 0.1) is 10.7 Å². The molecule has 7 heteroatoms.